The fourth-order valence-corrected chi connectivity index (χ4v) is 8.01. The summed E-state index contributed by atoms with van der Waals surface area (Å²) in [5, 5.41) is 11.8. The zero-order chi connectivity index (χ0) is 23.8. The number of aliphatic carboxylic acids is 1. The zero-order valence-corrected chi connectivity index (χ0v) is 21.1. The lowest BCUT2D eigenvalue weighted by molar-refractivity contribution is -0.137. The molecule has 0 radical (unpaired) electrons. The molecule has 33 heavy (non-hydrogen) atoms. The quantitative estimate of drug-likeness (QED) is 0.613. The smallest absolute Gasteiger partial charge is 0.303 e. The summed E-state index contributed by atoms with van der Waals surface area (Å²) < 4.78 is 0. The highest BCUT2D eigenvalue weighted by Crippen LogP contribution is 2.42. The van der Waals surface area contributed by atoms with E-state index in [4.69, 9.17) is 5.11 Å². The highest BCUT2D eigenvalue weighted by molar-refractivity contribution is 6.98. The number of allylic oxidation sites excluding steroid dienone is 5. The summed E-state index contributed by atoms with van der Waals surface area (Å²) in [6, 6.07) is 15.4. The summed E-state index contributed by atoms with van der Waals surface area (Å²) in [6.45, 7) is 7.75. The van der Waals surface area contributed by atoms with E-state index in [9.17, 15) is 4.79 Å². The van der Waals surface area contributed by atoms with Gasteiger partial charge in [0.25, 0.3) is 0 Å². The first-order chi connectivity index (χ1) is 15.7. The number of nitrogens with zero attached hydrogens (tertiary/aromatic N) is 2. The molecule has 2 aliphatic rings. The van der Waals surface area contributed by atoms with Crippen LogP contribution in [0.2, 0.25) is 13.1 Å². The number of aryl methyl sites for hydroxylation is 1. The Bertz CT molecular complexity index is 1230. The molecule has 170 valence electrons. The summed E-state index contributed by atoms with van der Waals surface area (Å²) in [6.07, 6.45) is 7.48. The van der Waals surface area contributed by atoms with Crippen molar-refractivity contribution in [2.75, 3.05) is 25.5 Å². The molecule has 4 rings (SSSR count). The standard InChI is InChI=1S/C28H32N2O2Si/c1-19-9-6-7-10-22(19)28-23-14-12-20(29-2)17-25(23)33(4,5)26-18-21(13-15-24(26)28)30(3)16-8-11-27(31)32/h6-7,9-10,12-15,17-18H,8,11,16H2,1-5H3,(H,31,32). The molecule has 1 aliphatic carbocycles. The van der Waals surface area contributed by atoms with Crippen LogP contribution in [-0.2, 0) is 4.79 Å². The minimum atomic E-state index is -2.00. The summed E-state index contributed by atoms with van der Waals surface area (Å²) >= 11 is 0. The van der Waals surface area contributed by atoms with Crippen LogP contribution in [0.25, 0.3) is 5.57 Å². The van der Waals surface area contributed by atoms with E-state index in [1.165, 1.54) is 38.2 Å². The maximum absolute atomic E-state index is 10.9. The van der Waals surface area contributed by atoms with Crippen LogP contribution in [0.4, 0.5) is 5.69 Å². The van der Waals surface area contributed by atoms with E-state index < -0.39 is 14.0 Å². The highest BCUT2D eigenvalue weighted by atomic mass is 28.3. The third kappa shape index (κ3) is 4.25. The summed E-state index contributed by atoms with van der Waals surface area (Å²) in [4.78, 5) is 17.6. The zero-order valence-electron chi connectivity index (χ0n) is 20.1. The van der Waals surface area contributed by atoms with Crippen LogP contribution >= 0.6 is 0 Å². The summed E-state index contributed by atoms with van der Waals surface area (Å²) in [5.74, 6) is -0.742. The fraction of sp³-hybridized carbons (Fsp3) is 0.286. The molecule has 1 aliphatic heterocycles. The van der Waals surface area contributed by atoms with Crippen molar-refractivity contribution < 1.29 is 9.90 Å². The van der Waals surface area contributed by atoms with Gasteiger partial charge in [-0.3, -0.25) is 9.79 Å². The van der Waals surface area contributed by atoms with E-state index in [-0.39, 0.29) is 6.42 Å². The van der Waals surface area contributed by atoms with E-state index in [0.717, 1.165) is 17.9 Å². The average molecular weight is 457 g/mol. The molecule has 0 aromatic heterocycles. The Balaban J connectivity index is 1.89. The Morgan fingerprint density at radius 1 is 1.09 bits per heavy atom. The van der Waals surface area contributed by atoms with E-state index in [2.05, 4.69) is 97.7 Å². The Morgan fingerprint density at radius 2 is 1.85 bits per heavy atom. The molecule has 2 aromatic carbocycles. The first-order valence-corrected chi connectivity index (χ1v) is 14.5. The third-order valence-corrected chi connectivity index (χ3v) is 10.4. The van der Waals surface area contributed by atoms with Crippen molar-refractivity contribution in [1.82, 2.24) is 0 Å². The van der Waals surface area contributed by atoms with Crippen LogP contribution in [0, 0.1) is 6.92 Å². The van der Waals surface area contributed by atoms with Crippen molar-refractivity contribution in [3.63, 3.8) is 0 Å². The van der Waals surface area contributed by atoms with Crippen LogP contribution in [0.15, 0.2) is 76.5 Å². The lowest BCUT2D eigenvalue weighted by Gasteiger charge is -2.39. The molecular formula is C28H32N2O2Si. The van der Waals surface area contributed by atoms with Crippen LogP contribution in [-0.4, -0.2) is 45.5 Å². The number of carboxylic acid groups (broad SMARTS) is 1. The van der Waals surface area contributed by atoms with Gasteiger partial charge in [0, 0.05) is 32.7 Å². The second-order valence-corrected chi connectivity index (χ2v) is 13.7. The van der Waals surface area contributed by atoms with Crippen molar-refractivity contribution in [3.8, 4) is 0 Å². The second-order valence-electron chi connectivity index (χ2n) is 9.42. The number of benzene rings is 2. The Morgan fingerprint density at radius 3 is 2.55 bits per heavy atom. The van der Waals surface area contributed by atoms with Gasteiger partial charge in [-0.15, -0.1) is 0 Å². The van der Waals surface area contributed by atoms with Gasteiger partial charge < -0.3 is 10.0 Å². The minimum absolute atomic E-state index is 0.192. The number of rotatable bonds is 6. The van der Waals surface area contributed by atoms with Crippen LogP contribution < -0.4 is 10.1 Å². The number of carbonyl (C=O) groups is 1. The molecule has 0 unspecified atom stereocenters. The number of anilines is 1. The predicted octanol–water partition coefficient (Wildman–Crippen LogP) is 5.13. The lowest BCUT2D eigenvalue weighted by atomic mass is 9.87. The molecule has 0 fully saturated rings. The van der Waals surface area contributed by atoms with Crippen molar-refractivity contribution in [2.45, 2.75) is 32.9 Å². The molecule has 0 saturated carbocycles. The molecule has 5 heteroatoms. The van der Waals surface area contributed by atoms with Crippen LogP contribution in [0.3, 0.4) is 0 Å². The predicted molar refractivity (Wildman–Crippen MR) is 141 cm³/mol. The number of fused-ring (bicyclic) bond motifs is 2. The van der Waals surface area contributed by atoms with Crippen molar-refractivity contribution in [3.05, 3.63) is 88.2 Å². The van der Waals surface area contributed by atoms with Gasteiger partial charge in [0.1, 0.15) is 8.07 Å². The Hall–Kier alpha value is -3.18. The Labute approximate surface area is 197 Å². The van der Waals surface area contributed by atoms with Gasteiger partial charge in [0.05, 0.1) is 5.71 Å². The van der Waals surface area contributed by atoms with Crippen molar-refractivity contribution >= 4 is 36.2 Å². The first-order valence-electron chi connectivity index (χ1n) is 11.5. The lowest BCUT2D eigenvalue weighted by Crippen LogP contribution is -2.49. The Kier molecular flexibility index (Phi) is 6.26. The molecule has 0 spiro atoms. The molecule has 1 heterocycles. The van der Waals surface area contributed by atoms with E-state index in [1.54, 1.807) is 0 Å². The van der Waals surface area contributed by atoms with Gasteiger partial charge in [-0.2, -0.15) is 0 Å². The molecule has 0 atom stereocenters. The van der Waals surface area contributed by atoms with Gasteiger partial charge in [0.15, 0.2) is 0 Å². The van der Waals surface area contributed by atoms with Gasteiger partial charge >= 0.3 is 5.97 Å². The highest BCUT2D eigenvalue weighted by Gasteiger charge is 2.39. The van der Waals surface area contributed by atoms with Gasteiger partial charge in [-0.25, -0.2) is 0 Å². The topological polar surface area (TPSA) is 52.9 Å². The van der Waals surface area contributed by atoms with Crippen molar-refractivity contribution in [1.29, 1.82) is 0 Å². The maximum Gasteiger partial charge on any atom is 0.303 e. The second kappa shape index (κ2) is 8.98. The molecule has 0 saturated heterocycles. The van der Waals surface area contributed by atoms with E-state index >= 15 is 0 Å². The molecule has 0 bridgehead atoms. The van der Waals surface area contributed by atoms with Gasteiger partial charge in [-0.05, 0) is 75.8 Å². The largest absolute Gasteiger partial charge is 0.481 e. The summed E-state index contributed by atoms with van der Waals surface area (Å²) in [5.41, 5.74) is 8.64. The summed E-state index contributed by atoms with van der Waals surface area (Å²) in [7, 11) is 1.90. The maximum atomic E-state index is 10.9. The number of aliphatic imine (C=N–C) groups is 1. The minimum Gasteiger partial charge on any atom is -0.481 e. The van der Waals surface area contributed by atoms with Crippen molar-refractivity contribution in [2.24, 2.45) is 4.99 Å². The molecular weight excluding hydrogens is 424 g/mol. The monoisotopic (exact) mass is 456 g/mol. The molecule has 1 N–H and O–H groups in total. The molecule has 0 amide bonds. The van der Waals surface area contributed by atoms with Crippen LogP contribution in [0.1, 0.15) is 29.5 Å². The third-order valence-electron chi connectivity index (χ3n) is 6.89. The number of hydrogen-bond acceptors (Lipinski definition) is 3. The normalized spacial score (nSPS) is 17.5. The van der Waals surface area contributed by atoms with Gasteiger partial charge in [-0.1, -0.05) is 49.5 Å². The SMILES string of the molecule is CN=C1C=CC2=C(c3ccccc3C)c3ccc(N(C)CCCC(=O)O)cc3[Si](C)(C)C2=C1. The first kappa shape index (κ1) is 23.0. The fourth-order valence-electron chi connectivity index (χ4n) is 4.94. The van der Waals surface area contributed by atoms with E-state index in [0.29, 0.717) is 6.42 Å². The van der Waals surface area contributed by atoms with E-state index in [1.807, 2.05) is 7.05 Å². The number of hydrogen-bond donors (Lipinski definition) is 1. The molecule has 2 aromatic rings. The molecule has 4 nitrogen and oxygen atoms in total. The number of carboxylic acids is 1. The van der Waals surface area contributed by atoms with Gasteiger partial charge in [0.2, 0.25) is 0 Å². The van der Waals surface area contributed by atoms with Crippen LogP contribution in [0.5, 0.6) is 0 Å². The average Bonchev–Trinajstić information content (AvgIpc) is 2.79.